The molecule has 0 saturated carbocycles. The van der Waals surface area contributed by atoms with Gasteiger partial charge in [0.2, 0.25) is 0 Å². The summed E-state index contributed by atoms with van der Waals surface area (Å²) in [5.41, 5.74) is 0.775. The topological polar surface area (TPSA) is 65.1 Å². The number of carbonyl (C=O) groups is 2. The van der Waals surface area contributed by atoms with Crippen molar-refractivity contribution in [3.63, 3.8) is 0 Å². The SMILES string of the molecule is CCCOc1ccc(/C=C2\SC(=S)N([C@H](C)C(=O)OC)C2=O)cc1OC. The quantitative estimate of drug-likeness (QED) is 0.399. The molecule has 6 nitrogen and oxygen atoms in total. The minimum absolute atomic E-state index is 0.317. The summed E-state index contributed by atoms with van der Waals surface area (Å²) < 4.78 is 16.0. The summed E-state index contributed by atoms with van der Waals surface area (Å²) in [6.07, 6.45) is 2.61. The molecule has 1 amide bonds. The van der Waals surface area contributed by atoms with Crippen molar-refractivity contribution in [3.05, 3.63) is 28.7 Å². The van der Waals surface area contributed by atoms with Crippen LogP contribution in [0.4, 0.5) is 0 Å². The Morgan fingerprint density at radius 3 is 2.69 bits per heavy atom. The Labute approximate surface area is 162 Å². The first-order valence-corrected chi connectivity index (χ1v) is 9.31. The highest BCUT2D eigenvalue weighted by atomic mass is 32.2. The minimum atomic E-state index is -0.766. The molecule has 1 atom stereocenters. The van der Waals surface area contributed by atoms with E-state index >= 15 is 0 Å². The third-order valence-electron chi connectivity index (χ3n) is 3.70. The Hall–Kier alpha value is -2.06. The summed E-state index contributed by atoms with van der Waals surface area (Å²) >= 11 is 6.40. The van der Waals surface area contributed by atoms with E-state index in [1.54, 1.807) is 32.2 Å². The van der Waals surface area contributed by atoms with E-state index in [2.05, 4.69) is 0 Å². The van der Waals surface area contributed by atoms with Crippen LogP contribution in [0.25, 0.3) is 6.08 Å². The van der Waals surface area contributed by atoms with Crippen LogP contribution in [0.2, 0.25) is 0 Å². The second kappa shape index (κ2) is 9.05. The van der Waals surface area contributed by atoms with Gasteiger partial charge in [0.15, 0.2) is 11.5 Å². The molecule has 1 saturated heterocycles. The molecule has 0 N–H and O–H groups in total. The lowest BCUT2D eigenvalue weighted by Gasteiger charge is -2.20. The molecule has 1 heterocycles. The third-order valence-corrected chi connectivity index (χ3v) is 5.03. The van der Waals surface area contributed by atoms with E-state index in [1.807, 2.05) is 13.0 Å². The maximum absolute atomic E-state index is 12.6. The van der Waals surface area contributed by atoms with Gasteiger partial charge in [-0.25, -0.2) is 4.79 Å². The zero-order valence-corrected chi connectivity index (χ0v) is 16.7. The molecule has 1 fully saturated rings. The van der Waals surface area contributed by atoms with Gasteiger partial charge in [-0.3, -0.25) is 9.69 Å². The molecule has 0 bridgehead atoms. The van der Waals surface area contributed by atoms with Gasteiger partial charge in [0, 0.05) is 0 Å². The molecule has 2 rings (SSSR count). The van der Waals surface area contributed by atoms with Crippen molar-refractivity contribution in [1.82, 2.24) is 4.90 Å². The van der Waals surface area contributed by atoms with Crippen molar-refractivity contribution in [2.75, 3.05) is 20.8 Å². The lowest BCUT2D eigenvalue weighted by atomic mass is 10.1. The normalized spacial score (nSPS) is 16.8. The predicted octanol–water partition coefficient (Wildman–Crippen LogP) is 3.25. The number of thioether (sulfide) groups is 1. The summed E-state index contributed by atoms with van der Waals surface area (Å²) in [5.74, 6) is 0.411. The van der Waals surface area contributed by atoms with Gasteiger partial charge in [-0.1, -0.05) is 37.0 Å². The largest absolute Gasteiger partial charge is 0.493 e. The second-order valence-corrected chi connectivity index (χ2v) is 7.19. The van der Waals surface area contributed by atoms with Crippen molar-refractivity contribution in [1.29, 1.82) is 0 Å². The van der Waals surface area contributed by atoms with Crippen molar-refractivity contribution >= 4 is 46.3 Å². The summed E-state index contributed by atoms with van der Waals surface area (Å²) in [6.45, 7) is 4.21. The fraction of sp³-hybridized carbons (Fsp3) is 0.389. The zero-order valence-electron chi connectivity index (χ0n) is 15.1. The van der Waals surface area contributed by atoms with Crippen LogP contribution < -0.4 is 9.47 Å². The number of benzene rings is 1. The van der Waals surface area contributed by atoms with E-state index in [-0.39, 0.29) is 5.91 Å². The highest BCUT2D eigenvalue weighted by Crippen LogP contribution is 2.35. The lowest BCUT2D eigenvalue weighted by molar-refractivity contribution is -0.147. The number of nitrogens with zero attached hydrogens (tertiary/aromatic N) is 1. The van der Waals surface area contributed by atoms with Crippen molar-refractivity contribution < 1.29 is 23.8 Å². The van der Waals surface area contributed by atoms with Crippen LogP contribution in [0.1, 0.15) is 25.8 Å². The van der Waals surface area contributed by atoms with Crippen LogP contribution >= 0.6 is 24.0 Å². The lowest BCUT2D eigenvalue weighted by Crippen LogP contribution is -2.42. The molecule has 8 heteroatoms. The van der Waals surface area contributed by atoms with Crippen LogP contribution in [0.15, 0.2) is 23.1 Å². The Kier molecular flexibility index (Phi) is 7.05. The Morgan fingerprint density at radius 1 is 1.35 bits per heavy atom. The molecular weight excluding hydrogens is 374 g/mol. The molecule has 140 valence electrons. The predicted molar refractivity (Wildman–Crippen MR) is 105 cm³/mol. The second-order valence-electron chi connectivity index (χ2n) is 5.51. The average molecular weight is 396 g/mol. The number of thiocarbonyl (C=S) groups is 1. The first-order valence-electron chi connectivity index (χ1n) is 8.08. The van der Waals surface area contributed by atoms with Crippen molar-refractivity contribution in [2.24, 2.45) is 0 Å². The van der Waals surface area contributed by atoms with E-state index in [1.165, 1.54) is 12.0 Å². The van der Waals surface area contributed by atoms with Crippen LogP contribution in [-0.4, -0.2) is 48.0 Å². The van der Waals surface area contributed by atoms with Crippen LogP contribution in [-0.2, 0) is 14.3 Å². The smallest absolute Gasteiger partial charge is 0.328 e. The van der Waals surface area contributed by atoms with E-state index in [9.17, 15) is 9.59 Å². The van der Waals surface area contributed by atoms with E-state index in [0.29, 0.717) is 27.3 Å². The summed E-state index contributed by atoms with van der Waals surface area (Å²) in [6, 6.07) is 4.67. The molecule has 1 aromatic carbocycles. The molecule has 1 aliphatic heterocycles. The number of methoxy groups -OCH3 is 2. The summed E-state index contributed by atoms with van der Waals surface area (Å²) in [5, 5.41) is 0. The van der Waals surface area contributed by atoms with Gasteiger partial charge in [-0.05, 0) is 37.1 Å². The van der Waals surface area contributed by atoms with Gasteiger partial charge in [-0.15, -0.1) is 0 Å². The van der Waals surface area contributed by atoms with Gasteiger partial charge in [0.25, 0.3) is 5.91 Å². The molecule has 26 heavy (non-hydrogen) atoms. The molecule has 1 aliphatic rings. The monoisotopic (exact) mass is 395 g/mol. The first-order chi connectivity index (χ1) is 12.4. The van der Waals surface area contributed by atoms with Crippen LogP contribution in [0.5, 0.6) is 11.5 Å². The zero-order chi connectivity index (χ0) is 19.3. The van der Waals surface area contributed by atoms with Gasteiger partial charge in [-0.2, -0.15) is 0 Å². The van der Waals surface area contributed by atoms with Crippen molar-refractivity contribution in [2.45, 2.75) is 26.3 Å². The van der Waals surface area contributed by atoms with Gasteiger partial charge >= 0.3 is 5.97 Å². The first kappa shape index (κ1) is 20.3. The number of carbonyl (C=O) groups excluding carboxylic acids is 2. The molecule has 0 aromatic heterocycles. The number of hydrogen-bond donors (Lipinski definition) is 0. The van der Waals surface area contributed by atoms with Crippen LogP contribution in [0.3, 0.4) is 0 Å². The Bertz CT molecular complexity index is 747. The molecule has 0 spiro atoms. The maximum atomic E-state index is 12.6. The molecular formula is C18H21NO5S2. The average Bonchev–Trinajstić information content (AvgIpc) is 2.92. The minimum Gasteiger partial charge on any atom is -0.493 e. The van der Waals surface area contributed by atoms with Gasteiger partial charge in [0.1, 0.15) is 10.4 Å². The number of hydrogen-bond acceptors (Lipinski definition) is 7. The van der Waals surface area contributed by atoms with E-state index in [0.717, 1.165) is 23.7 Å². The third kappa shape index (κ3) is 4.37. The molecule has 0 radical (unpaired) electrons. The Morgan fingerprint density at radius 2 is 2.08 bits per heavy atom. The highest BCUT2D eigenvalue weighted by Gasteiger charge is 2.38. The molecule has 1 aromatic rings. The molecule has 0 unspecified atom stereocenters. The standard InChI is InChI=1S/C18H21NO5S2/c1-5-8-24-13-7-6-12(9-14(13)22-3)10-15-16(20)19(18(25)26-15)11(2)17(21)23-4/h6-7,9-11H,5,8H2,1-4H3/b15-10-/t11-/m1/s1. The summed E-state index contributed by atoms with van der Waals surface area (Å²) in [7, 11) is 2.84. The number of amides is 1. The fourth-order valence-electron chi connectivity index (χ4n) is 2.35. The van der Waals surface area contributed by atoms with Gasteiger partial charge in [0.05, 0.1) is 25.7 Å². The van der Waals surface area contributed by atoms with Crippen molar-refractivity contribution in [3.8, 4) is 11.5 Å². The number of rotatable bonds is 7. The highest BCUT2D eigenvalue weighted by molar-refractivity contribution is 8.26. The summed E-state index contributed by atoms with van der Waals surface area (Å²) in [4.78, 5) is 26.1. The van der Waals surface area contributed by atoms with E-state index in [4.69, 9.17) is 26.4 Å². The number of esters is 1. The fourth-order valence-corrected chi connectivity index (χ4v) is 3.76. The maximum Gasteiger partial charge on any atom is 0.328 e. The van der Waals surface area contributed by atoms with Crippen LogP contribution in [0, 0.1) is 0 Å². The van der Waals surface area contributed by atoms with E-state index < -0.39 is 12.0 Å². The Balaban J connectivity index is 2.26. The number of ether oxygens (including phenoxy) is 3. The van der Waals surface area contributed by atoms with Gasteiger partial charge < -0.3 is 14.2 Å². The molecule has 0 aliphatic carbocycles.